The Kier molecular flexibility index (Phi) is 55.0. The smallest absolute Gasteiger partial charge is 0.305 e. The molecule has 0 aliphatic heterocycles. The topological polar surface area (TPSA) is 95.9 Å². The average molecular weight is 943 g/mol. The van der Waals surface area contributed by atoms with Crippen LogP contribution in [0.1, 0.15) is 316 Å². The second-order valence-electron chi connectivity index (χ2n) is 20.3. The van der Waals surface area contributed by atoms with Crippen molar-refractivity contribution >= 4 is 11.9 Å². The number of unbranched alkanes of at least 4 members (excludes halogenated alkanes) is 40. The highest BCUT2D eigenvalue weighted by molar-refractivity contribution is 5.76. The lowest BCUT2D eigenvalue weighted by molar-refractivity contribution is -0.143. The fourth-order valence-electron chi connectivity index (χ4n) is 9.08. The highest BCUT2D eigenvalue weighted by atomic mass is 16.5. The van der Waals surface area contributed by atoms with Crippen LogP contribution in [0.2, 0.25) is 0 Å². The minimum absolute atomic E-state index is 0.00983. The largest absolute Gasteiger partial charge is 0.466 e. The van der Waals surface area contributed by atoms with E-state index in [0.717, 1.165) is 44.9 Å². The summed E-state index contributed by atoms with van der Waals surface area (Å²) in [5.74, 6) is -0.0648. The van der Waals surface area contributed by atoms with Gasteiger partial charge in [0.2, 0.25) is 5.91 Å². The van der Waals surface area contributed by atoms with Crippen LogP contribution >= 0.6 is 0 Å². The highest BCUT2D eigenvalue weighted by Gasteiger charge is 2.18. The summed E-state index contributed by atoms with van der Waals surface area (Å²) in [6, 6.07) is -0.631. The van der Waals surface area contributed by atoms with Gasteiger partial charge in [0, 0.05) is 12.8 Å². The van der Waals surface area contributed by atoms with E-state index < -0.39 is 12.1 Å². The third-order valence-electron chi connectivity index (χ3n) is 13.7. The van der Waals surface area contributed by atoms with E-state index in [2.05, 4.69) is 43.5 Å². The lowest BCUT2D eigenvalue weighted by atomic mass is 10.0. The van der Waals surface area contributed by atoms with Crippen molar-refractivity contribution in [1.29, 1.82) is 0 Å². The number of esters is 1. The third kappa shape index (κ3) is 53.3. The zero-order chi connectivity index (χ0) is 48.6. The monoisotopic (exact) mass is 942 g/mol. The van der Waals surface area contributed by atoms with Crippen LogP contribution in [0.4, 0.5) is 0 Å². The van der Waals surface area contributed by atoms with Gasteiger partial charge in [-0.25, -0.2) is 0 Å². The minimum atomic E-state index is -0.847. The Morgan fingerprint density at radius 1 is 0.418 bits per heavy atom. The van der Waals surface area contributed by atoms with Crippen LogP contribution in [-0.4, -0.2) is 47.4 Å². The van der Waals surface area contributed by atoms with E-state index in [9.17, 15) is 19.8 Å². The van der Waals surface area contributed by atoms with Gasteiger partial charge in [0.25, 0.3) is 0 Å². The Labute approximate surface area is 417 Å². The summed E-state index contributed by atoms with van der Waals surface area (Å²) in [6.45, 7) is 4.90. The summed E-state index contributed by atoms with van der Waals surface area (Å²) in [6.07, 6.45) is 70.3. The number of hydrogen-bond donors (Lipinski definition) is 3. The molecule has 0 bridgehead atoms. The van der Waals surface area contributed by atoms with Crippen LogP contribution in [0.5, 0.6) is 0 Å². The molecule has 0 spiro atoms. The van der Waals surface area contributed by atoms with Crippen molar-refractivity contribution in [2.24, 2.45) is 0 Å². The Morgan fingerprint density at radius 3 is 1.13 bits per heavy atom. The van der Waals surface area contributed by atoms with Gasteiger partial charge in [-0.3, -0.25) is 9.59 Å². The number of nitrogens with one attached hydrogen (secondary N) is 1. The SMILES string of the molecule is CCCCCCCCCCCC/C=C/C(O)C(CO)NC(=O)CCCCCCCCCCC/C=C\C/C=C\CCCCCCCCCCCOC(=O)CCCCCCCCCCCCCCC. The number of rotatable bonds is 55. The quantitative estimate of drug-likeness (QED) is 0.0321. The normalized spacial score (nSPS) is 12.8. The number of hydrogen-bond acceptors (Lipinski definition) is 5. The van der Waals surface area contributed by atoms with E-state index in [0.29, 0.717) is 19.4 Å². The molecule has 2 atom stereocenters. The van der Waals surface area contributed by atoms with Gasteiger partial charge in [0.1, 0.15) is 0 Å². The fraction of sp³-hybridized carbons (Fsp3) is 0.869. The number of amides is 1. The van der Waals surface area contributed by atoms with Gasteiger partial charge < -0.3 is 20.3 Å². The first-order valence-electron chi connectivity index (χ1n) is 29.8. The van der Waals surface area contributed by atoms with Gasteiger partial charge in [-0.2, -0.15) is 0 Å². The molecule has 0 saturated heterocycles. The number of carbonyl (C=O) groups excluding carboxylic acids is 2. The molecule has 0 aliphatic carbocycles. The molecule has 0 radical (unpaired) electrons. The predicted octanol–water partition coefficient (Wildman–Crippen LogP) is 18.4. The molecular weight excluding hydrogens is 827 g/mol. The maximum atomic E-state index is 12.4. The predicted molar refractivity (Wildman–Crippen MR) is 292 cm³/mol. The van der Waals surface area contributed by atoms with Crippen molar-refractivity contribution in [3.63, 3.8) is 0 Å². The number of ether oxygens (including phenoxy) is 1. The van der Waals surface area contributed by atoms with Crippen LogP contribution < -0.4 is 5.32 Å². The molecule has 2 unspecified atom stereocenters. The Bertz CT molecular complexity index is 1090. The molecule has 0 aromatic rings. The molecule has 0 fully saturated rings. The van der Waals surface area contributed by atoms with Gasteiger partial charge >= 0.3 is 5.97 Å². The third-order valence-corrected chi connectivity index (χ3v) is 13.7. The van der Waals surface area contributed by atoms with E-state index in [1.807, 2.05) is 6.08 Å². The van der Waals surface area contributed by atoms with Crippen molar-refractivity contribution in [2.45, 2.75) is 328 Å². The summed E-state index contributed by atoms with van der Waals surface area (Å²) in [4.78, 5) is 24.4. The molecule has 0 saturated carbocycles. The van der Waals surface area contributed by atoms with Crippen LogP contribution in [-0.2, 0) is 14.3 Å². The maximum Gasteiger partial charge on any atom is 0.305 e. The number of aliphatic hydroxyl groups is 2. The van der Waals surface area contributed by atoms with Crippen molar-refractivity contribution in [1.82, 2.24) is 5.32 Å². The van der Waals surface area contributed by atoms with Crippen molar-refractivity contribution in [3.8, 4) is 0 Å². The van der Waals surface area contributed by atoms with Crippen LogP contribution in [0.15, 0.2) is 36.5 Å². The van der Waals surface area contributed by atoms with Crippen molar-refractivity contribution in [2.75, 3.05) is 13.2 Å². The molecule has 0 aliphatic rings. The molecule has 1 amide bonds. The summed E-state index contributed by atoms with van der Waals surface area (Å²) < 4.78 is 5.47. The minimum Gasteiger partial charge on any atom is -0.466 e. The molecule has 6 heteroatoms. The molecule has 0 rings (SSSR count). The summed E-state index contributed by atoms with van der Waals surface area (Å²) >= 11 is 0. The number of aliphatic hydroxyl groups excluding tert-OH is 2. The standard InChI is InChI=1S/C61H115NO5/c1-3-5-7-9-11-13-15-30-35-39-43-47-51-55-61(66)67-56-52-48-44-40-36-32-29-27-25-23-21-19-17-18-20-22-24-26-28-31-34-38-42-46-50-54-60(65)62-58(57-63)59(64)53-49-45-41-37-33-16-14-12-10-8-6-4-2/h18-21,49,53,58-59,63-64H,3-17,22-48,50-52,54-57H2,1-2H3,(H,62,65)/b20-18-,21-19-,53-49+. The lowest BCUT2D eigenvalue weighted by Crippen LogP contribution is -2.45. The van der Waals surface area contributed by atoms with Crippen LogP contribution in [0.25, 0.3) is 0 Å². The lowest BCUT2D eigenvalue weighted by Gasteiger charge is -2.20. The zero-order valence-electron chi connectivity index (χ0n) is 44.9. The van der Waals surface area contributed by atoms with E-state index in [4.69, 9.17) is 4.74 Å². The highest BCUT2D eigenvalue weighted by Crippen LogP contribution is 2.16. The van der Waals surface area contributed by atoms with Gasteiger partial charge in [0.05, 0.1) is 25.4 Å². The Morgan fingerprint density at radius 2 is 0.746 bits per heavy atom. The van der Waals surface area contributed by atoms with Gasteiger partial charge in [-0.15, -0.1) is 0 Å². The number of carbonyl (C=O) groups is 2. The maximum absolute atomic E-state index is 12.4. The number of allylic oxidation sites excluding steroid dienone is 5. The zero-order valence-corrected chi connectivity index (χ0v) is 44.9. The van der Waals surface area contributed by atoms with Crippen LogP contribution in [0, 0.1) is 0 Å². The van der Waals surface area contributed by atoms with Crippen LogP contribution in [0.3, 0.4) is 0 Å². The first-order chi connectivity index (χ1) is 33.0. The fourth-order valence-corrected chi connectivity index (χ4v) is 9.08. The second-order valence-corrected chi connectivity index (χ2v) is 20.3. The van der Waals surface area contributed by atoms with E-state index >= 15 is 0 Å². The van der Waals surface area contributed by atoms with Gasteiger partial charge in [-0.1, -0.05) is 275 Å². The van der Waals surface area contributed by atoms with E-state index in [1.54, 1.807) is 6.08 Å². The van der Waals surface area contributed by atoms with E-state index in [-0.39, 0.29) is 18.5 Å². The van der Waals surface area contributed by atoms with Gasteiger partial charge in [-0.05, 0) is 64.2 Å². The van der Waals surface area contributed by atoms with E-state index in [1.165, 1.54) is 244 Å². The first-order valence-corrected chi connectivity index (χ1v) is 29.8. The molecular formula is C61H115NO5. The summed E-state index contributed by atoms with van der Waals surface area (Å²) in [5, 5.41) is 23.0. The second kappa shape index (κ2) is 56.7. The molecule has 3 N–H and O–H groups in total. The molecule has 0 aromatic carbocycles. The summed E-state index contributed by atoms with van der Waals surface area (Å²) in [5.41, 5.74) is 0. The molecule has 394 valence electrons. The molecule has 0 heterocycles. The summed E-state index contributed by atoms with van der Waals surface area (Å²) in [7, 11) is 0. The molecule has 6 nitrogen and oxygen atoms in total. The Hall–Kier alpha value is -1.92. The van der Waals surface area contributed by atoms with Gasteiger partial charge in [0.15, 0.2) is 0 Å². The van der Waals surface area contributed by atoms with Crippen molar-refractivity contribution in [3.05, 3.63) is 36.5 Å². The Balaban J connectivity index is 3.44. The average Bonchev–Trinajstić information content (AvgIpc) is 3.33. The molecule has 67 heavy (non-hydrogen) atoms. The van der Waals surface area contributed by atoms with Crippen molar-refractivity contribution < 1.29 is 24.5 Å². The first kappa shape index (κ1) is 65.1. The molecule has 0 aromatic heterocycles.